The van der Waals surface area contributed by atoms with E-state index in [0.717, 1.165) is 46.7 Å². The van der Waals surface area contributed by atoms with Gasteiger partial charge in [-0.3, -0.25) is 4.79 Å². The molecule has 1 heterocycles. The summed E-state index contributed by atoms with van der Waals surface area (Å²) in [4.78, 5) is 18.0. The maximum absolute atomic E-state index is 13.1. The molecule has 0 saturated heterocycles. The number of carbonyl (C=O) groups excluding carboxylic acids is 1. The summed E-state index contributed by atoms with van der Waals surface area (Å²) in [5.41, 5.74) is 5.37. The normalized spacial score (nSPS) is 12.3. The number of nitrogens with zero attached hydrogens (tertiary/aromatic N) is 2. The van der Waals surface area contributed by atoms with Gasteiger partial charge in [0.25, 0.3) is 0 Å². The molecule has 0 aliphatic carbocycles. The van der Waals surface area contributed by atoms with Gasteiger partial charge in [0, 0.05) is 18.0 Å². The molecule has 1 atom stereocenters. The zero-order valence-electron chi connectivity index (χ0n) is 17.8. The van der Waals surface area contributed by atoms with Crippen molar-refractivity contribution < 1.29 is 4.79 Å². The van der Waals surface area contributed by atoms with E-state index in [9.17, 15) is 4.79 Å². The van der Waals surface area contributed by atoms with Gasteiger partial charge in [-0.05, 0) is 61.6 Å². The molecule has 0 radical (unpaired) electrons. The fourth-order valence-corrected chi connectivity index (χ4v) is 3.90. The predicted octanol–water partition coefficient (Wildman–Crippen LogP) is 5.76. The third-order valence-corrected chi connectivity index (χ3v) is 5.78. The minimum absolute atomic E-state index is 0.0617. The summed E-state index contributed by atoms with van der Waals surface area (Å²) in [5.74, 6) is 0.940. The van der Waals surface area contributed by atoms with E-state index in [2.05, 4.69) is 49.7 Å². The largest absolute Gasteiger partial charge is 0.354 e. The van der Waals surface area contributed by atoms with Crippen LogP contribution in [-0.4, -0.2) is 22.0 Å². The molecule has 0 spiro atoms. The smallest absolute Gasteiger partial charge is 0.243 e. The number of halogens is 1. The van der Waals surface area contributed by atoms with Crippen LogP contribution in [0.25, 0.3) is 11.0 Å². The molecular formula is C24H30ClN3O. The molecule has 2 aromatic carbocycles. The number of nitrogens with one attached hydrogen (secondary N) is 1. The van der Waals surface area contributed by atoms with E-state index in [-0.39, 0.29) is 11.9 Å². The summed E-state index contributed by atoms with van der Waals surface area (Å²) in [6.45, 7) is 9.06. The SMILES string of the molecule is CCCNC(=O)[C@@H](CCC)n1c(Cc2ccccc2Cl)nc2cc(C)c(C)cc21. The minimum Gasteiger partial charge on any atom is -0.354 e. The Morgan fingerprint density at radius 1 is 1.14 bits per heavy atom. The molecule has 0 fully saturated rings. The van der Waals surface area contributed by atoms with E-state index in [1.165, 1.54) is 11.1 Å². The summed E-state index contributed by atoms with van der Waals surface area (Å²) in [5, 5.41) is 3.81. The molecule has 0 bridgehead atoms. The number of benzene rings is 2. The fraction of sp³-hybridized carbons (Fsp3) is 0.417. The van der Waals surface area contributed by atoms with Gasteiger partial charge in [0.1, 0.15) is 11.9 Å². The van der Waals surface area contributed by atoms with Crippen LogP contribution in [0.1, 0.15) is 61.7 Å². The number of imidazole rings is 1. The molecule has 4 nitrogen and oxygen atoms in total. The van der Waals surface area contributed by atoms with Crippen molar-refractivity contribution in [1.29, 1.82) is 0 Å². The molecule has 1 N–H and O–H groups in total. The number of aryl methyl sites for hydroxylation is 2. The summed E-state index contributed by atoms with van der Waals surface area (Å²) in [6.07, 6.45) is 3.19. The molecule has 1 amide bonds. The van der Waals surface area contributed by atoms with Gasteiger partial charge >= 0.3 is 0 Å². The van der Waals surface area contributed by atoms with Crippen LogP contribution in [0.5, 0.6) is 0 Å². The molecule has 0 aliphatic heterocycles. The second-order valence-corrected chi connectivity index (χ2v) is 8.09. The minimum atomic E-state index is -0.281. The lowest BCUT2D eigenvalue weighted by molar-refractivity contribution is -0.124. The summed E-state index contributed by atoms with van der Waals surface area (Å²) in [6, 6.07) is 11.8. The van der Waals surface area contributed by atoms with Gasteiger partial charge in [-0.2, -0.15) is 0 Å². The third kappa shape index (κ3) is 4.64. The lowest BCUT2D eigenvalue weighted by Gasteiger charge is -2.21. The van der Waals surface area contributed by atoms with Crippen LogP contribution in [0.2, 0.25) is 5.02 Å². The molecule has 29 heavy (non-hydrogen) atoms. The van der Waals surface area contributed by atoms with Crippen molar-refractivity contribution >= 4 is 28.5 Å². The molecule has 0 saturated carbocycles. The van der Waals surface area contributed by atoms with E-state index in [0.29, 0.717) is 13.0 Å². The van der Waals surface area contributed by atoms with Crippen LogP contribution in [0, 0.1) is 13.8 Å². The highest BCUT2D eigenvalue weighted by molar-refractivity contribution is 6.31. The topological polar surface area (TPSA) is 46.9 Å². The Bertz CT molecular complexity index is 1010. The number of carbonyl (C=O) groups is 1. The molecule has 1 aromatic heterocycles. The van der Waals surface area contributed by atoms with Crippen LogP contribution in [0.3, 0.4) is 0 Å². The number of hydrogen-bond acceptors (Lipinski definition) is 2. The van der Waals surface area contributed by atoms with Crippen LogP contribution < -0.4 is 5.32 Å². The molecule has 154 valence electrons. The number of fused-ring (bicyclic) bond motifs is 1. The average molecular weight is 412 g/mol. The highest BCUT2D eigenvalue weighted by Crippen LogP contribution is 2.29. The number of aromatic nitrogens is 2. The fourth-order valence-electron chi connectivity index (χ4n) is 3.70. The second-order valence-electron chi connectivity index (χ2n) is 7.69. The number of rotatable bonds is 8. The summed E-state index contributed by atoms with van der Waals surface area (Å²) in [7, 11) is 0. The average Bonchev–Trinajstić information content (AvgIpc) is 3.02. The van der Waals surface area contributed by atoms with E-state index >= 15 is 0 Å². The standard InChI is InChI=1S/C24H30ClN3O/c1-5-9-21(24(29)26-12-6-2)28-22-14-17(4)16(3)13-20(22)27-23(28)15-18-10-7-8-11-19(18)25/h7-8,10-11,13-14,21H,5-6,9,12,15H2,1-4H3,(H,26,29)/t21-/m1/s1. The number of hydrogen-bond donors (Lipinski definition) is 1. The predicted molar refractivity (Wildman–Crippen MR) is 121 cm³/mol. The van der Waals surface area contributed by atoms with E-state index in [1.54, 1.807) is 0 Å². The van der Waals surface area contributed by atoms with Gasteiger partial charge in [0.2, 0.25) is 5.91 Å². The van der Waals surface area contributed by atoms with Crippen LogP contribution in [0.4, 0.5) is 0 Å². The van der Waals surface area contributed by atoms with Gasteiger partial charge in [-0.25, -0.2) is 4.98 Å². The first kappa shape index (κ1) is 21.4. The van der Waals surface area contributed by atoms with Crippen molar-refractivity contribution in [2.24, 2.45) is 0 Å². The van der Waals surface area contributed by atoms with Gasteiger partial charge in [-0.1, -0.05) is 50.1 Å². The van der Waals surface area contributed by atoms with E-state index in [1.807, 2.05) is 24.3 Å². The molecular weight excluding hydrogens is 382 g/mol. The van der Waals surface area contributed by atoms with Gasteiger partial charge in [-0.15, -0.1) is 0 Å². The Labute approximate surface area is 178 Å². The Morgan fingerprint density at radius 3 is 2.55 bits per heavy atom. The molecule has 5 heteroatoms. The Hall–Kier alpha value is -2.33. The van der Waals surface area contributed by atoms with Crippen molar-refractivity contribution in [1.82, 2.24) is 14.9 Å². The first-order valence-corrected chi connectivity index (χ1v) is 10.8. The van der Waals surface area contributed by atoms with Gasteiger partial charge in [0.15, 0.2) is 0 Å². The van der Waals surface area contributed by atoms with Crippen molar-refractivity contribution in [3.05, 3.63) is 63.9 Å². The maximum atomic E-state index is 13.1. The lowest BCUT2D eigenvalue weighted by atomic mass is 10.1. The monoisotopic (exact) mass is 411 g/mol. The highest BCUT2D eigenvalue weighted by atomic mass is 35.5. The quantitative estimate of drug-likeness (QED) is 0.511. The Morgan fingerprint density at radius 2 is 1.86 bits per heavy atom. The highest BCUT2D eigenvalue weighted by Gasteiger charge is 2.25. The second kappa shape index (κ2) is 9.45. The van der Waals surface area contributed by atoms with Crippen LogP contribution in [-0.2, 0) is 11.2 Å². The Kier molecular flexibility index (Phi) is 6.96. The van der Waals surface area contributed by atoms with E-state index < -0.39 is 0 Å². The lowest BCUT2D eigenvalue weighted by Crippen LogP contribution is -2.33. The third-order valence-electron chi connectivity index (χ3n) is 5.41. The molecule has 3 aromatic rings. The zero-order valence-corrected chi connectivity index (χ0v) is 18.5. The van der Waals surface area contributed by atoms with Gasteiger partial charge < -0.3 is 9.88 Å². The Balaban J connectivity index is 2.16. The zero-order chi connectivity index (χ0) is 21.0. The van der Waals surface area contributed by atoms with E-state index in [4.69, 9.17) is 16.6 Å². The van der Waals surface area contributed by atoms with Crippen molar-refractivity contribution in [3.8, 4) is 0 Å². The van der Waals surface area contributed by atoms with Crippen LogP contribution >= 0.6 is 11.6 Å². The molecule has 0 aliphatic rings. The van der Waals surface area contributed by atoms with Crippen molar-refractivity contribution in [2.75, 3.05) is 6.54 Å². The molecule has 0 unspecified atom stereocenters. The van der Waals surface area contributed by atoms with Crippen molar-refractivity contribution in [2.45, 2.75) is 59.4 Å². The summed E-state index contributed by atoms with van der Waals surface area (Å²) < 4.78 is 2.14. The van der Waals surface area contributed by atoms with Gasteiger partial charge in [0.05, 0.1) is 11.0 Å². The first-order chi connectivity index (χ1) is 14.0. The van der Waals surface area contributed by atoms with Crippen molar-refractivity contribution in [3.63, 3.8) is 0 Å². The molecule has 3 rings (SSSR count). The summed E-state index contributed by atoms with van der Waals surface area (Å²) >= 11 is 6.43. The van der Waals surface area contributed by atoms with Crippen LogP contribution in [0.15, 0.2) is 36.4 Å². The number of amides is 1. The first-order valence-electron chi connectivity index (χ1n) is 10.4. The maximum Gasteiger partial charge on any atom is 0.243 e.